The Morgan fingerprint density at radius 2 is 1.79 bits per heavy atom. The van der Waals surface area contributed by atoms with Crippen LogP contribution >= 0.6 is 0 Å². The molecule has 2 rings (SSSR count). The van der Waals surface area contributed by atoms with Gasteiger partial charge in [0.15, 0.2) is 0 Å². The van der Waals surface area contributed by atoms with Gasteiger partial charge in [0.1, 0.15) is 24.9 Å². The molecule has 0 radical (unpaired) electrons. The molecule has 1 amide bonds. The number of rotatable bonds is 1. The fourth-order valence-corrected chi connectivity index (χ4v) is 2.75. The standard InChI is InChI=1S/C15H27N2O2/c1-15(2,3)19-14(18)17-10-6-13(7-11-17)12-16-8-4-5-9-16/h12-13H,4-11H2,1-3H3/q+1. The molecular weight excluding hydrogens is 240 g/mol. The van der Waals surface area contributed by atoms with E-state index in [1.807, 2.05) is 25.7 Å². The summed E-state index contributed by atoms with van der Waals surface area (Å²) >= 11 is 0. The molecule has 4 heteroatoms. The zero-order valence-electron chi connectivity index (χ0n) is 12.5. The van der Waals surface area contributed by atoms with E-state index in [0.29, 0.717) is 5.92 Å². The van der Waals surface area contributed by atoms with Gasteiger partial charge >= 0.3 is 6.09 Å². The van der Waals surface area contributed by atoms with Crippen LogP contribution in [0.4, 0.5) is 4.79 Å². The molecule has 0 N–H and O–H groups in total. The summed E-state index contributed by atoms with van der Waals surface area (Å²) < 4.78 is 7.86. The molecule has 0 atom stereocenters. The van der Waals surface area contributed by atoms with Crippen LogP contribution in [0.1, 0.15) is 46.5 Å². The molecule has 0 aliphatic carbocycles. The number of piperidine rings is 1. The number of hydrogen-bond acceptors (Lipinski definition) is 2. The molecule has 0 spiro atoms. The zero-order chi connectivity index (χ0) is 13.9. The first-order valence-corrected chi connectivity index (χ1v) is 7.51. The first-order valence-electron chi connectivity index (χ1n) is 7.51. The SMILES string of the molecule is CC(C)(C)OC(=O)N1CCC(C=[N+]2CCCC2)CC1. The molecule has 19 heavy (non-hydrogen) atoms. The number of carbonyl (C=O) groups is 1. The van der Waals surface area contributed by atoms with Gasteiger partial charge in [-0.15, -0.1) is 0 Å². The smallest absolute Gasteiger partial charge is 0.410 e. The van der Waals surface area contributed by atoms with Gasteiger partial charge in [0.25, 0.3) is 0 Å². The second-order valence-corrected chi connectivity index (χ2v) is 6.70. The van der Waals surface area contributed by atoms with Crippen LogP contribution < -0.4 is 0 Å². The average molecular weight is 267 g/mol. The second kappa shape index (κ2) is 5.93. The first-order chi connectivity index (χ1) is 8.94. The van der Waals surface area contributed by atoms with Crippen LogP contribution in [0.2, 0.25) is 0 Å². The highest BCUT2D eigenvalue weighted by atomic mass is 16.6. The highest BCUT2D eigenvalue weighted by Gasteiger charge is 2.28. The summed E-state index contributed by atoms with van der Waals surface area (Å²) in [6, 6.07) is 0. The van der Waals surface area contributed by atoms with E-state index in [1.165, 1.54) is 25.9 Å². The molecule has 2 saturated heterocycles. The van der Waals surface area contributed by atoms with Crippen molar-refractivity contribution in [2.24, 2.45) is 5.92 Å². The molecule has 0 aromatic heterocycles. The van der Waals surface area contributed by atoms with E-state index in [9.17, 15) is 4.79 Å². The van der Waals surface area contributed by atoms with E-state index in [2.05, 4.69) is 10.8 Å². The molecule has 2 aliphatic rings. The topological polar surface area (TPSA) is 32.5 Å². The fourth-order valence-electron chi connectivity index (χ4n) is 2.75. The van der Waals surface area contributed by atoms with E-state index in [0.717, 1.165) is 25.9 Å². The number of nitrogens with zero attached hydrogens (tertiary/aromatic N) is 2. The monoisotopic (exact) mass is 267 g/mol. The minimum atomic E-state index is -0.393. The second-order valence-electron chi connectivity index (χ2n) is 6.70. The molecule has 2 heterocycles. The van der Waals surface area contributed by atoms with Crippen LogP contribution in [0.25, 0.3) is 0 Å². The lowest BCUT2D eigenvalue weighted by atomic mass is 9.98. The Labute approximate surface area is 116 Å². The van der Waals surface area contributed by atoms with E-state index >= 15 is 0 Å². The number of likely N-dealkylation sites (tertiary alicyclic amines) is 1. The van der Waals surface area contributed by atoms with Crippen molar-refractivity contribution in [3.8, 4) is 0 Å². The van der Waals surface area contributed by atoms with E-state index in [1.54, 1.807) is 0 Å². The summed E-state index contributed by atoms with van der Waals surface area (Å²) in [5.74, 6) is 0.636. The molecular formula is C15H27N2O2+. The van der Waals surface area contributed by atoms with E-state index < -0.39 is 5.60 Å². The van der Waals surface area contributed by atoms with Crippen LogP contribution in [0.15, 0.2) is 0 Å². The van der Waals surface area contributed by atoms with Gasteiger partial charge in [-0.25, -0.2) is 9.37 Å². The lowest BCUT2D eigenvalue weighted by Crippen LogP contribution is -2.42. The number of amides is 1. The quantitative estimate of drug-likeness (QED) is 0.684. The van der Waals surface area contributed by atoms with Crippen LogP contribution in [0.3, 0.4) is 0 Å². The Balaban J connectivity index is 1.79. The van der Waals surface area contributed by atoms with Crippen molar-refractivity contribution in [2.45, 2.75) is 52.1 Å². The maximum atomic E-state index is 11.9. The van der Waals surface area contributed by atoms with Crippen molar-refractivity contribution in [1.82, 2.24) is 4.90 Å². The van der Waals surface area contributed by atoms with Gasteiger partial charge in [0, 0.05) is 31.8 Å². The highest BCUT2D eigenvalue weighted by molar-refractivity contribution is 5.68. The molecule has 4 nitrogen and oxygen atoms in total. The van der Waals surface area contributed by atoms with Gasteiger partial charge < -0.3 is 9.64 Å². The maximum absolute atomic E-state index is 11.9. The fraction of sp³-hybridized carbons (Fsp3) is 0.867. The Morgan fingerprint density at radius 3 is 2.32 bits per heavy atom. The van der Waals surface area contributed by atoms with Crippen LogP contribution in [0.5, 0.6) is 0 Å². The third-order valence-corrected chi connectivity index (χ3v) is 3.75. The lowest BCUT2D eigenvalue weighted by molar-refractivity contribution is -0.503. The van der Waals surface area contributed by atoms with Gasteiger partial charge in [-0.2, -0.15) is 0 Å². The van der Waals surface area contributed by atoms with E-state index in [-0.39, 0.29) is 6.09 Å². The third-order valence-electron chi connectivity index (χ3n) is 3.75. The summed E-state index contributed by atoms with van der Waals surface area (Å²) in [6.45, 7) is 9.82. The van der Waals surface area contributed by atoms with Crippen molar-refractivity contribution in [1.29, 1.82) is 0 Å². The van der Waals surface area contributed by atoms with Gasteiger partial charge in [-0.05, 0) is 33.6 Å². The normalized spacial score (nSPS) is 21.6. The van der Waals surface area contributed by atoms with Gasteiger partial charge in [0.2, 0.25) is 0 Å². The molecule has 2 aliphatic heterocycles. The number of hydrogen-bond donors (Lipinski definition) is 0. The Kier molecular flexibility index (Phi) is 4.48. The van der Waals surface area contributed by atoms with Gasteiger partial charge in [0.05, 0.1) is 0 Å². The Bertz CT molecular complexity index is 342. The van der Waals surface area contributed by atoms with E-state index in [4.69, 9.17) is 4.74 Å². The van der Waals surface area contributed by atoms with Crippen molar-refractivity contribution < 1.29 is 14.1 Å². The largest absolute Gasteiger partial charge is 0.444 e. The average Bonchev–Trinajstić information content (AvgIpc) is 2.80. The predicted molar refractivity (Wildman–Crippen MR) is 75.8 cm³/mol. The predicted octanol–water partition coefficient (Wildman–Crippen LogP) is 2.51. The lowest BCUT2D eigenvalue weighted by Gasteiger charge is -2.31. The Morgan fingerprint density at radius 1 is 1.21 bits per heavy atom. The summed E-state index contributed by atoms with van der Waals surface area (Å²) in [4.78, 5) is 13.8. The third kappa shape index (κ3) is 4.51. The van der Waals surface area contributed by atoms with Crippen LogP contribution in [-0.2, 0) is 4.74 Å². The molecule has 108 valence electrons. The highest BCUT2D eigenvalue weighted by Crippen LogP contribution is 2.19. The minimum Gasteiger partial charge on any atom is -0.444 e. The Hall–Kier alpha value is -1.06. The summed E-state index contributed by atoms with van der Waals surface area (Å²) in [5.41, 5.74) is -0.393. The molecule has 0 aromatic carbocycles. The van der Waals surface area contributed by atoms with Crippen LogP contribution in [-0.4, -0.2) is 53.6 Å². The minimum absolute atomic E-state index is 0.160. The van der Waals surface area contributed by atoms with Crippen molar-refractivity contribution in [3.05, 3.63) is 0 Å². The molecule has 0 aromatic rings. The van der Waals surface area contributed by atoms with Gasteiger partial charge in [-0.3, -0.25) is 0 Å². The summed E-state index contributed by atoms with van der Waals surface area (Å²) in [5, 5.41) is 0. The maximum Gasteiger partial charge on any atom is 0.410 e. The zero-order valence-corrected chi connectivity index (χ0v) is 12.5. The van der Waals surface area contributed by atoms with Crippen LogP contribution in [0, 0.1) is 5.92 Å². The molecule has 2 fully saturated rings. The van der Waals surface area contributed by atoms with Crippen molar-refractivity contribution in [3.63, 3.8) is 0 Å². The number of ether oxygens (including phenoxy) is 1. The molecule has 0 saturated carbocycles. The summed E-state index contributed by atoms with van der Waals surface area (Å²) in [7, 11) is 0. The van der Waals surface area contributed by atoms with Gasteiger partial charge in [-0.1, -0.05) is 0 Å². The first kappa shape index (κ1) is 14.4. The van der Waals surface area contributed by atoms with Crippen molar-refractivity contribution >= 4 is 12.3 Å². The van der Waals surface area contributed by atoms with Crippen molar-refractivity contribution in [2.75, 3.05) is 26.2 Å². The summed E-state index contributed by atoms with van der Waals surface area (Å²) in [6.07, 6.45) is 7.03. The molecule has 0 unspecified atom stereocenters. The number of carbonyl (C=O) groups excluding carboxylic acids is 1. The molecule has 0 bridgehead atoms.